The Bertz CT molecular complexity index is 756. The van der Waals surface area contributed by atoms with Gasteiger partial charge in [-0.25, -0.2) is 8.42 Å². The summed E-state index contributed by atoms with van der Waals surface area (Å²) in [5.74, 6) is 5.24. The third kappa shape index (κ3) is 3.17. The van der Waals surface area contributed by atoms with Crippen molar-refractivity contribution in [1.82, 2.24) is 10.2 Å². The molecule has 1 aromatic heterocycles. The molecule has 104 valence electrons. The number of anilines is 1. The van der Waals surface area contributed by atoms with Gasteiger partial charge in [-0.3, -0.25) is 9.82 Å². The zero-order valence-corrected chi connectivity index (χ0v) is 11.5. The molecule has 0 atom stereocenters. The molecule has 0 amide bonds. The molecule has 0 saturated heterocycles. The Balaban J connectivity index is 2.34. The Morgan fingerprint density at radius 1 is 1.45 bits per heavy atom. The number of nitrogens with zero attached hydrogens (tertiary/aromatic N) is 1. The molecule has 0 fully saturated rings. The molecule has 0 saturated carbocycles. The van der Waals surface area contributed by atoms with Crippen LogP contribution in [0.1, 0.15) is 11.1 Å². The first kappa shape index (κ1) is 14.1. The van der Waals surface area contributed by atoms with Gasteiger partial charge in [0.15, 0.2) is 0 Å². The number of nitrogens with one attached hydrogen (secondary N) is 2. The lowest BCUT2D eigenvalue weighted by molar-refractivity contribution is 0.350. The maximum atomic E-state index is 12.1. The number of H-pyrrole nitrogens is 1. The molecule has 0 spiro atoms. The van der Waals surface area contributed by atoms with E-state index in [0.29, 0.717) is 11.3 Å². The van der Waals surface area contributed by atoms with Crippen LogP contribution in [-0.2, 0) is 10.0 Å². The van der Waals surface area contributed by atoms with Crippen LogP contribution in [0.2, 0.25) is 0 Å². The van der Waals surface area contributed by atoms with E-state index >= 15 is 0 Å². The van der Waals surface area contributed by atoms with E-state index in [0.717, 1.165) is 5.56 Å². The second kappa shape index (κ2) is 5.77. The van der Waals surface area contributed by atoms with Crippen LogP contribution in [0.25, 0.3) is 0 Å². The summed E-state index contributed by atoms with van der Waals surface area (Å²) >= 11 is 0. The summed E-state index contributed by atoms with van der Waals surface area (Å²) in [6.45, 7) is 1.54. The van der Waals surface area contributed by atoms with E-state index in [9.17, 15) is 8.42 Å². The average molecular weight is 291 g/mol. The minimum Gasteiger partial charge on any atom is -0.384 e. The van der Waals surface area contributed by atoms with E-state index in [-0.39, 0.29) is 11.5 Å². The van der Waals surface area contributed by atoms with Crippen molar-refractivity contribution in [3.63, 3.8) is 0 Å². The molecule has 20 heavy (non-hydrogen) atoms. The number of aryl methyl sites for hydroxylation is 1. The lowest BCUT2D eigenvalue weighted by atomic mass is 10.1. The first-order chi connectivity index (χ1) is 9.53. The van der Waals surface area contributed by atoms with Gasteiger partial charge in [-0.2, -0.15) is 5.10 Å². The topological polar surface area (TPSA) is 95.1 Å². The predicted molar refractivity (Wildman–Crippen MR) is 74.5 cm³/mol. The number of aliphatic hydroxyl groups is 1. The molecule has 0 unspecified atom stereocenters. The summed E-state index contributed by atoms with van der Waals surface area (Å²) in [4.78, 5) is 0.0590. The minimum atomic E-state index is -3.67. The molecule has 0 radical (unpaired) electrons. The molecule has 0 aliphatic rings. The van der Waals surface area contributed by atoms with Crippen molar-refractivity contribution in [2.24, 2.45) is 0 Å². The van der Waals surface area contributed by atoms with E-state index in [1.54, 1.807) is 25.1 Å². The Morgan fingerprint density at radius 2 is 2.25 bits per heavy atom. The molecule has 7 heteroatoms. The van der Waals surface area contributed by atoms with Crippen LogP contribution < -0.4 is 4.72 Å². The van der Waals surface area contributed by atoms with Gasteiger partial charge in [-0.1, -0.05) is 17.9 Å². The minimum absolute atomic E-state index is 0.0590. The number of aromatic nitrogens is 2. The molecule has 0 bridgehead atoms. The van der Waals surface area contributed by atoms with Gasteiger partial charge in [-0.15, -0.1) is 0 Å². The number of benzene rings is 1. The smallest absolute Gasteiger partial charge is 0.265 e. The summed E-state index contributed by atoms with van der Waals surface area (Å²) in [7, 11) is -3.67. The third-order valence-electron chi connectivity index (χ3n) is 2.58. The number of aromatic amines is 1. The summed E-state index contributed by atoms with van der Waals surface area (Å²) < 4.78 is 26.7. The number of hydrogen-bond acceptors (Lipinski definition) is 4. The number of hydrogen-bond donors (Lipinski definition) is 3. The van der Waals surface area contributed by atoms with Crippen molar-refractivity contribution in [1.29, 1.82) is 0 Å². The Labute approximate surface area is 116 Å². The standard InChI is InChI=1S/C13H13N3O3S/c1-10-4-5-11(3-2-6-17)7-13(10)16-20(18,19)12-8-14-15-9-12/h4-5,7-9,16-17H,6H2,1H3,(H,14,15). The van der Waals surface area contributed by atoms with Crippen molar-refractivity contribution in [2.45, 2.75) is 11.8 Å². The fourth-order valence-electron chi connectivity index (χ4n) is 1.54. The predicted octanol–water partition coefficient (Wildman–Crippen LogP) is 0.863. The monoisotopic (exact) mass is 291 g/mol. The molecule has 3 N–H and O–H groups in total. The largest absolute Gasteiger partial charge is 0.384 e. The molecule has 0 aliphatic carbocycles. The van der Waals surface area contributed by atoms with Gasteiger partial charge in [0.05, 0.1) is 11.9 Å². The first-order valence-electron chi connectivity index (χ1n) is 5.75. The van der Waals surface area contributed by atoms with Crippen LogP contribution in [0.3, 0.4) is 0 Å². The van der Waals surface area contributed by atoms with E-state index in [1.807, 2.05) is 0 Å². The Hall–Kier alpha value is -2.30. The number of rotatable bonds is 3. The molecule has 6 nitrogen and oxygen atoms in total. The van der Waals surface area contributed by atoms with Crippen molar-refractivity contribution in [3.8, 4) is 11.8 Å². The number of sulfonamides is 1. The van der Waals surface area contributed by atoms with E-state index in [2.05, 4.69) is 26.8 Å². The second-order valence-corrected chi connectivity index (χ2v) is 5.71. The molecule has 2 rings (SSSR count). The second-order valence-electron chi connectivity index (χ2n) is 4.03. The highest BCUT2D eigenvalue weighted by Crippen LogP contribution is 2.20. The molecular weight excluding hydrogens is 278 g/mol. The highest BCUT2D eigenvalue weighted by molar-refractivity contribution is 7.92. The fraction of sp³-hybridized carbons (Fsp3) is 0.154. The van der Waals surface area contributed by atoms with Gasteiger partial charge >= 0.3 is 0 Å². The van der Waals surface area contributed by atoms with Crippen LogP contribution in [0.5, 0.6) is 0 Å². The lowest BCUT2D eigenvalue weighted by Crippen LogP contribution is -2.13. The van der Waals surface area contributed by atoms with Crippen LogP contribution in [0.4, 0.5) is 5.69 Å². The average Bonchev–Trinajstić information content (AvgIpc) is 2.94. The van der Waals surface area contributed by atoms with Crippen LogP contribution in [-0.4, -0.2) is 30.3 Å². The SMILES string of the molecule is Cc1ccc(C#CCO)cc1NS(=O)(=O)c1cn[nH]c1. The summed E-state index contributed by atoms with van der Waals surface area (Å²) in [5, 5.41) is 14.7. The summed E-state index contributed by atoms with van der Waals surface area (Å²) in [5.41, 5.74) is 1.83. The fourth-order valence-corrected chi connectivity index (χ4v) is 2.57. The van der Waals surface area contributed by atoms with Gasteiger partial charge < -0.3 is 5.11 Å². The molecule has 2 aromatic rings. The van der Waals surface area contributed by atoms with Crippen molar-refractivity contribution in [2.75, 3.05) is 11.3 Å². The lowest BCUT2D eigenvalue weighted by Gasteiger charge is -2.09. The summed E-state index contributed by atoms with van der Waals surface area (Å²) in [6.07, 6.45) is 2.53. The maximum absolute atomic E-state index is 12.1. The highest BCUT2D eigenvalue weighted by atomic mass is 32.2. The van der Waals surface area contributed by atoms with E-state index < -0.39 is 10.0 Å². The maximum Gasteiger partial charge on any atom is 0.265 e. The first-order valence-corrected chi connectivity index (χ1v) is 7.23. The van der Waals surface area contributed by atoms with Crippen molar-refractivity contribution >= 4 is 15.7 Å². The molecule has 1 aromatic carbocycles. The molecule has 1 heterocycles. The van der Waals surface area contributed by atoms with E-state index in [4.69, 9.17) is 5.11 Å². The zero-order chi connectivity index (χ0) is 14.6. The van der Waals surface area contributed by atoms with Gasteiger partial charge in [0.1, 0.15) is 11.5 Å². The third-order valence-corrected chi connectivity index (χ3v) is 3.91. The Morgan fingerprint density at radius 3 is 2.90 bits per heavy atom. The van der Waals surface area contributed by atoms with Crippen molar-refractivity contribution < 1.29 is 13.5 Å². The van der Waals surface area contributed by atoms with Crippen LogP contribution >= 0.6 is 0 Å². The van der Waals surface area contributed by atoms with E-state index in [1.165, 1.54) is 12.4 Å². The van der Waals surface area contributed by atoms with Crippen molar-refractivity contribution in [3.05, 3.63) is 41.7 Å². The van der Waals surface area contributed by atoms with Gasteiger partial charge in [0.25, 0.3) is 10.0 Å². The zero-order valence-electron chi connectivity index (χ0n) is 10.7. The Kier molecular flexibility index (Phi) is 4.08. The van der Waals surface area contributed by atoms with Gasteiger partial charge in [-0.05, 0) is 24.6 Å². The molecular formula is C13H13N3O3S. The molecule has 0 aliphatic heterocycles. The summed E-state index contributed by atoms with van der Waals surface area (Å²) in [6, 6.07) is 5.14. The normalized spacial score (nSPS) is 10.7. The van der Waals surface area contributed by atoms with Gasteiger partial charge in [0.2, 0.25) is 0 Å². The number of aliphatic hydroxyl groups excluding tert-OH is 1. The van der Waals surface area contributed by atoms with Crippen LogP contribution in [0.15, 0.2) is 35.5 Å². The highest BCUT2D eigenvalue weighted by Gasteiger charge is 2.16. The van der Waals surface area contributed by atoms with Gasteiger partial charge in [0, 0.05) is 11.8 Å². The van der Waals surface area contributed by atoms with Crippen LogP contribution in [0, 0.1) is 18.8 Å². The quantitative estimate of drug-likeness (QED) is 0.731.